The molecule has 1 N–H and O–H groups in total. The smallest absolute Gasteiger partial charge is 0.0750 e. The van der Waals surface area contributed by atoms with Crippen LogP contribution in [-0.4, -0.2) is 10.7 Å². The molecule has 1 rings (SSSR count). The van der Waals surface area contributed by atoms with E-state index in [4.69, 9.17) is 0 Å². The largest absolute Gasteiger partial charge is 0.389 e. The summed E-state index contributed by atoms with van der Waals surface area (Å²) in [7, 11) is 0. The monoisotopic (exact) mass is 124 g/mol. The van der Waals surface area contributed by atoms with Crippen LogP contribution in [0.2, 0.25) is 0 Å². The second kappa shape index (κ2) is 2.36. The Morgan fingerprint density at radius 1 is 1.56 bits per heavy atom. The number of hydrogen-bond donors (Lipinski definition) is 1. The summed E-state index contributed by atoms with van der Waals surface area (Å²) < 4.78 is 0. The van der Waals surface area contributed by atoms with Crippen LogP contribution in [0, 0.1) is 0 Å². The van der Waals surface area contributed by atoms with Crippen molar-refractivity contribution in [3.63, 3.8) is 0 Å². The highest BCUT2D eigenvalue weighted by Crippen LogP contribution is 2.26. The van der Waals surface area contributed by atoms with Crippen LogP contribution in [0.25, 0.3) is 0 Å². The van der Waals surface area contributed by atoms with Gasteiger partial charge in [0.25, 0.3) is 0 Å². The van der Waals surface area contributed by atoms with E-state index < -0.39 is 5.60 Å². The minimum atomic E-state index is -0.484. The normalized spacial score (nSPS) is 22.3. The van der Waals surface area contributed by atoms with Gasteiger partial charge in [-0.1, -0.05) is 18.2 Å². The van der Waals surface area contributed by atoms with E-state index in [1.807, 2.05) is 12.2 Å². The van der Waals surface area contributed by atoms with Crippen LogP contribution in [0.4, 0.5) is 0 Å². The van der Waals surface area contributed by atoms with E-state index in [1.165, 1.54) is 0 Å². The SMILES string of the molecule is C=CCC1(O)CC=CC1. The molecule has 0 fully saturated rings. The standard InChI is InChI=1S/C8H12O/c1-2-5-8(9)6-3-4-7-8/h2-4,9H,1,5-7H2. The second-order valence-corrected chi connectivity index (χ2v) is 2.60. The molecule has 0 aliphatic heterocycles. The first-order valence-electron chi connectivity index (χ1n) is 3.25. The van der Waals surface area contributed by atoms with Gasteiger partial charge in [-0.05, 0) is 19.3 Å². The molecule has 1 nitrogen and oxygen atoms in total. The predicted octanol–water partition coefficient (Wildman–Crippen LogP) is 1.64. The molecule has 0 saturated heterocycles. The van der Waals surface area contributed by atoms with Crippen LogP contribution in [-0.2, 0) is 0 Å². The van der Waals surface area contributed by atoms with Gasteiger partial charge in [-0.25, -0.2) is 0 Å². The number of hydrogen-bond acceptors (Lipinski definition) is 1. The van der Waals surface area contributed by atoms with Crippen LogP contribution < -0.4 is 0 Å². The molecule has 0 unspecified atom stereocenters. The molecule has 0 aromatic rings. The molecule has 50 valence electrons. The summed E-state index contributed by atoms with van der Waals surface area (Å²) >= 11 is 0. The molecular weight excluding hydrogens is 112 g/mol. The molecule has 1 aliphatic carbocycles. The van der Waals surface area contributed by atoms with Gasteiger partial charge in [0.1, 0.15) is 0 Å². The lowest BCUT2D eigenvalue weighted by Crippen LogP contribution is -2.22. The number of rotatable bonds is 2. The van der Waals surface area contributed by atoms with E-state index in [-0.39, 0.29) is 0 Å². The fourth-order valence-electron chi connectivity index (χ4n) is 1.12. The predicted molar refractivity (Wildman–Crippen MR) is 38.1 cm³/mol. The summed E-state index contributed by atoms with van der Waals surface area (Å²) in [6.45, 7) is 3.58. The Labute approximate surface area is 55.7 Å². The van der Waals surface area contributed by atoms with Gasteiger partial charge in [0.2, 0.25) is 0 Å². The van der Waals surface area contributed by atoms with Crippen LogP contribution in [0.1, 0.15) is 19.3 Å². The minimum Gasteiger partial charge on any atom is -0.389 e. The van der Waals surface area contributed by atoms with E-state index in [0.29, 0.717) is 6.42 Å². The Hall–Kier alpha value is -0.560. The molecule has 0 bridgehead atoms. The highest BCUT2D eigenvalue weighted by atomic mass is 16.3. The summed E-state index contributed by atoms with van der Waals surface area (Å²) in [5.74, 6) is 0. The average molecular weight is 124 g/mol. The van der Waals surface area contributed by atoms with Gasteiger partial charge in [-0.3, -0.25) is 0 Å². The molecule has 0 atom stereocenters. The third-order valence-electron chi connectivity index (χ3n) is 1.69. The minimum absolute atomic E-state index is 0.484. The van der Waals surface area contributed by atoms with Crippen LogP contribution in [0.15, 0.2) is 24.8 Å². The fourth-order valence-corrected chi connectivity index (χ4v) is 1.12. The topological polar surface area (TPSA) is 20.2 Å². The van der Waals surface area contributed by atoms with Crippen molar-refractivity contribution in [1.82, 2.24) is 0 Å². The molecule has 0 saturated carbocycles. The zero-order valence-electron chi connectivity index (χ0n) is 5.51. The Bertz CT molecular complexity index is 128. The third kappa shape index (κ3) is 1.42. The fraction of sp³-hybridized carbons (Fsp3) is 0.500. The van der Waals surface area contributed by atoms with Gasteiger partial charge >= 0.3 is 0 Å². The Kier molecular flexibility index (Phi) is 1.72. The van der Waals surface area contributed by atoms with Crippen molar-refractivity contribution in [3.8, 4) is 0 Å². The first kappa shape index (κ1) is 6.56. The third-order valence-corrected chi connectivity index (χ3v) is 1.69. The molecule has 1 heteroatoms. The van der Waals surface area contributed by atoms with E-state index in [1.54, 1.807) is 6.08 Å². The van der Waals surface area contributed by atoms with Crippen molar-refractivity contribution in [2.75, 3.05) is 0 Å². The first-order chi connectivity index (χ1) is 4.27. The Morgan fingerprint density at radius 2 is 2.11 bits per heavy atom. The number of aliphatic hydroxyl groups is 1. The van der Waals surface area contributed by atoms with Crippen LogP contribution in [0.3, 0.4) is 0 Å². The summed E-state index contributed by atoms with van der Waals surface area (Å²) in [6.07, 6.45) is 8.10. The van der Waals surface area contributed by atoms with Crippen molar-refractivity contribution in [3.05, 3.63) is 24.8 Å². The lowest BCUT2D eigenvalue weighted by molar-refractivity contribution is 0.0573. The molecule has 0 radical (unpaired) electrons. The summed E-state index contributed by atoms with van der Waals surface area (Å²) in [5.41, 5.74) is -0.484. The van der Waals surface area contributed by atoms with Gasteiger partial charge in [0.05, 0.1) is 5.60 Å². The molecule has 0 amide bonds. The van der Waals surface area contributed by atoms with Gasteiger partial charge in [0, 0.05) is 0 Å². The Morgan fingerprint density at radius 3 is 2.56 bits per heavy atom. The second-order valence-electron chi connectivity index (χ2n) is 2.60. The van der Waals surface area contributed by atoms with E-state index >= 15 is 0 Å². The molecular formula is C8H12O. The van der Waals surface area contributed by atoms with Crippen molar-refractivity contribution in [2.45, 2.75) is 24.9 Å². The van der Waals surface area contributed by atoms with Crippen molar-refractivity contribution in [1.29, 1.82) is 0 Å². The molecule has 9 heavy (non-hydrogen) atoms. The van der Waals surface area contributed by atoms with Crippen LogP contribution in [0.5, 0.6) is 0 Å². The van der Waals surface area contributed by atoms with Gasteiger partial charge in [-0.2, -0.15) is 0 Å². The zero-order chi connectivity index (χ0) is 6.74. The van der Waals surface area contributed by atoms with Crippen molar-refractivity contribution >= 4 is 0 Å². The lowest BCUT2D eigenvalue weighted by atomic mass is 9.97. The van der Waals surface area contributed by atoms with Crippen molar-refractivity contribution < 1.29 is 5.11 Å². The van der Waals surface area contributed by atoms with E-state index in [0.717, 1.165) is 12.8 Å². The average Bonchev–Trinajstić information content (AvgIpc) is 2.16. The first-order valence-corrected chi connectivity index (χ1v) is 3.25. The molecule has 0 heterocycles. The molecule has 0 aromatic carbocycles. The maximum atomic E-state index is 9.56. The molecule has 1 aliphatic rings. The van der Waals surface area contributed by atoms with Gasteiger partial charge < -0.3 is 5.11 Å². The van der Waals surface area contributed by atoms with Crippen LogP contribution >= 0.6 is 0 Å². The Balaban J connectivity index is 2.44. The van der Waals surface area contributed by atoms with E-state index in [2.05, 4.69) is 6.58 Å². The summed E-state index contributed by atoms with van der Waals surface area (Å²) in [4.78, 5) is 0. The summed E-state index contributed by atoms with van der Waals surface area (Å²) in [5, 5.41) is 9.56. The van der Waals surface area contributed by atoms with E-state index in [9.17, 15) is 5.11 Å². The summed E-state index contributed by atoms with van der Waals surface area (Å²) in [6, 6.07) is 0. The quantitative estimate of drug-likeness (QED) is 0.555. The van der Waals surface area contributed by atoms with Crippen molar-refractivity contribution in [2.24, 2.45) is 0 Å². The molecule has 0 aromatic heterocycles. The van der Waals surface area contributed by atoms with Gasteiger partial charge in [-0.15, -0.1) is 6.58 Å². The lowest BCUT2D eigenvalue weighted by Gasteiger charge is -2.18. The maximum absolute atomic E-state index is 9.56. The highest BCUT2D eigenvalue weighted by Gasteiger charge is 2.25. The zero-order valence-corrected chi connectivity index (χ0v) is 5.51. The molecule has 0 spiro atoms. The highest BCUT2D eigenvalue weighted by molar-refractivity contribution is 5.05. The van der Waals surface area contributed by atoms with Gasteiger partial charge in [0.15, 0.2) is 0 Å². The maximum Gasteiger partial charge on any atom is 0.0750 e.